The summed E-state index contributed by atoms with van der Waals surface area (Å²) in [5.41, 5.74) is 3.11. The lowest BCUT2D eigenvalue weighted by Crippen LogP contribution is -2.27. The first-order chi connectivity index (χ1) is 9.78. The Labute approximate surface area is 123 Å². The second-order valence-electron chi connectivity index (χ2n) is 4.54. The summed E-state index contributed by atoms with van der Waals surface area (Å²) in [6.45, 7) is 2.64. The van der Waals surface area contributed by atoms with Crippen LogP contribution in [0.5, 0.6) is 0 Å². The highest BCUT2D eigenvalue weighted by atomic mass is 35.5. The fourth-order valence-electron chi connectivity index (χ4n) is 2.28. The summed E-state index contributed by atoms with van der Waals surface area (Å²) >= 11 is 6.07. The third-order valence-corrected chi connectivity index (χ3v) is 3.41. The molecular formula is C16H15ClN2O. The Balaban J connectivity index is 2.08. The molecule has 1 aliphatic rings. The highest BCUT2D eigenvalue weighted by Crippen LogP contribution is 2.36. The molecule has 2 aromatic rings. The summed E-state index contributed by atoms with van der Waals surface area (Å²) in [6.07, 6.45) is -0.157. The van der Waals surface area contributed by atoms with Crippen LogP contribution in [-0.2, 0) is 4.74 Å². The Bertz CT molecular complexity index is 640. The van der Waals surface area contributed by atoms with Crippen LogP contribution in [0.2, 0.25) is 5.02 Å². The maximum atomic E-state index is 6.07. The molecule has 0 bridgehead atoms. The van der Waals surface area contributed by atoms with Crippen molar-refractivity contribution in [1.29, 1.82) is 0 Å². The van der Waals surface area contributed by atoms with Gasteiger partial charge in [-0.2, -0.15) is 0 Å². The number of aliphatic imine (C=N–C) groups is 1. The first-order valence-corrected chi connectivity index (χ1v) is 6.98. The van der Waals surface area contributed by atoms with E-state index in [4.69, 9.17) is 16.3 Å². The highest BCUT2D eigenvalue weighted by molar-refractivity contribution is 6.31. The van der Waals surface area contributed by atoms with Crippen LogP contribution in [0.15, 0.2) is 53.5 Å². The van der Waals surface area contributed by atoms with Crippen molar-refractivity contribution in [1.82, 2.24) is 0 Å². The van der Waals surface area contributed by atoms with E-state index >= 15 is 0 Å². The fraction of sp³-hybridized carbons (Fsp3) is 0.188. The average Bonchev–Trinajstić information content (AvgIpc) is 2.47. The van der Waals surface area contributed by atoms with E-state index < -0.39 is 0 Å². The number of anilines is 1. The van der Waals surface area contributed by atoms with Crippen LogP contribution >= 0.6 is 11.6 Å². The normalized spacial score (nSPS) is 19.1. The van der Waals surface area contributed by atoms with Crippen LogP contribution in [-0.4, -0.2) is 12.6 Å². The van der Waals surface area contributed by atoms with E-state index in [0.717, 1.165) is 16.8 Å². The maximum Gasteiger partial charge on any atom is 0.290 e. The second kappa shape index (κ2) is 5.55. The van der Waals surface area contributed by atoms with Crippen molar-refractivity contribution < 1.29 is 4.74 Å². The summed E-state index contributed by atoms with van der Waals surface area (Å²) in [5, 5.41) is 3.88. The smallest absolute Gasteiger partial charge is 0.290 e. The topological polar surface area (TPSA) is 33.6 Å². The summed E-state index contributed by atoms with van der Waals surface area (Å²) < 4.78 is 5.98. The molecule has 4 heteroatoms. The SMILES string of the molecule is CCN=C1Nc2cc(Cl)ccc2C(c2ccccc2)O1. The number of halogens is 1. The van der Waals surface area contributed by atoms with Crippen LogP contribution in [0.4, 0.5) is 5.69 Å². The zero-order valence-electron chi connectivity index (χ0n) is 11.1. The standard InChI is InChI=1S/C16H15ClN2O/c1-2-18-16-19-14-10-12(17)8-9-13(14)15(20-16)11-6-4-3-5-7-11/h3-10,15H,2H2,1H3,(H,18,19). The van der Waals surface area contributed by atoms with Gasteiger partial charge >= 0.3 is 0 Å². The highest BCUT2D eigenvalue weighted by Gasteiger charge is 2.26. The molecule has 0 saturated heterocycles. The van der Waals surface area contributed by atoms with Crippen molar-refractivity contribution in [2.24, 2.45) is 4.99 Å². The number of hydrogen-bond acceptors (Lipinski definition) is 2. The molecule has 1 N–H and O–H groups in total. The molecule has 0 saturated carbocycles. The molecule has 0 radical (unpaired) electrons. The number of benzene rings is 2. The number of nitrogens with zero attached hydrogens (tertiary/aromatic N) is 1. The Morgan fingerprint density at radius 1 is 1.20 bits per heavy atom. The van der Waals surface area contributed by atoms with Crippen LogP contribution < -0.4 is 5.32 Å². The van der Waals surface area contributed by atoms with Crippen LogP contribution in [0.1, 0.15) is 24.2 Å². The Morgan fingerprint density at radius 2 is 2.00 bits per heavy atom. The van der Waals surface area contributed by atoms with Crippen molar-refractivity contribution in [3.8, 4) is 0 Å². The third-order valence-electron chi connectivity index (χ3n) is 3.17. The molecule has 1 aliphatic heterocycles. The van der Waals surface area contributed by atoms with E-state index in [1.54, 1.807) is 0 Å². The van der Waals surface area contributed by atoms with E-state index in [-0.39, 0.29) is 6.10 Å². The number of fused-ring (bicyclic) bond motifs is 1. The first kappa shape index (κ1) is 13.0. The summed E-state index contributed by atoms with van der Waals surface area (Å²) in [7, 11) is 0. The minimum atomic E-state index is -0.157. The molecule has 3 nitrogen and oxygen atoms in total. The van der Waals surface area contributed by atoms with Crippen molar-refractivity contribution >= 4 is 23.3 Å². The van der Waals surface area contributed by atoms with Gasteiger partial charge in [-0.3, -0.25) is 0 Å². The minimum Gasteiger partial charge on any atom is -0.452 e. The van der Waals surface area contributed by atoms with Crippen molar-refractivity contribution in [2.75, 3.05) is 11.9 Å². The monoisotopic (exact) mass is 286 g/mol. The largest absolute Gasteiger partial charge is 0.452 e. The molecule has 1 unspecified atom stereocenters. The van der Waals surface area contributed by atoms with Gasteiger partial charge in [0.15, 0.2) is 6.10 Å². The number of rotatable bonds is 2. The molecule has 1 heterocycles. The van der Waals surface area contributed by atoms with Crippen molar-refractivity contribution in [3.63, 3.8) is 0 Å². The maximum absolute atomic E-state index is 6.07. The van der Waals surface area contributed by atoms with Crippen LogP contribution in [0, 0.1) is 0 Å². The van der Waals surface area contributed by atoms with Gasteiger partial charge < -0.3 is 10.1 Å². The Morgan fingerprint density at radius 3 is 2.75 bits per heavy atom. The summed E-state index contributed by atoms with van der Waals surface area (Å²) in [6, 6.07) is 16.4. The molecule has 2 aromatic carbocycles. The zero-order chi connectivity index (χ0) is 13.9. The van der Waals surface area contributed by atoms with Crippen LogP contribution in [0.25, 0.3) is 0 Å². The van der Waals surface area contributed by atoms with Crippen molar-refractivity contribution in [2.45, 2.75) is 13.0 Å². The van der Waals surface area contributed by atoms with Gasteiger partial charge in [0.25, 0.3) is 6.02 Å². The molecule has 0 amide bonds. The third kappa shape index (κ3) is 2.49. The van der Waals surface area contributed by atoms with Gasteiger partial charge in [-0.25, -0.2) is 4.99 Å². The molecule has 0 spiro atoms. The molecule has 20 heavy (non-hydrogen) atoms. The molecule has 1 atom stereocenters. The molecule has 0 fully saturated rings. The number of nitrogens with one attached hydrogen (secondary N) is 1. The molecular weight excluding hydrogens is 272 g/mol. The lowest BCUT2D eigenvalue weighted by atomic mass is 9.99. The van der Waals surface area contributed by atoms with E-state index in [2.05, 4.69) is 22.4 Å². The Kier molecular flexibility index (Phi) is 3.61. The summed E-state index contributed by atoms with van der Waals surface area (Å²) in [5.74, 6) is 0. The van der Waals surface area contributed by atoms with Gasteiger partial charge in [-0.05, 0) is 24.6 Å². The molecule has 0 aliphatic carbocycles. The van der Waals surface area contributed by atoms with E-state index in [9.17, 15) is 0 Å². The number of ether oxygens (including phenoxy) is 1. The zero-order valence-corrected chi connectivity index (χ0v) is 11.9. The van der Waals surface area contributed by atoms with Gasteiger partial charge in [0.1, 0.15) is 0 Å². The lowest BCUT2D eigenvalue weighted by molar-refractivity contribution is 0.226. The van der Waals surface area contributed by atoms with Gasteiger partial charge in [0.2, 0.25) is 0 Å². The quantitative estimate of drug-likeness (QED) is 0.895. The van der Waals surface area contributed by atoms with E-state index in [1.165, 1.54) is 0 Å². The molecule has 0 aromatic heterocycles. The van der Waals surface area contributed by atoms with Gasteiger partial charge in [0.05, 0.1) is 5.69 Å². The number of hydrogen-bond donors (Lipinski definition) is 1. The lowest BCUT2D eigenvalue weighted by Gasteiger charge is -2.29. The van der Waals surface area contributed by atoms with Gasteiger partial charge in [-0.15, -0.1) is 0 Å². The number of amidine groups is 1. The van der Waals surface area contributed by atoms with E-state index in [0.29, 0.717) is 17.6 Å². The van der Waals surface area contributed by atoms with E-state index in [1.807, 2.05) is 43.3 Å². The average molecular weight is 287 g/mol. The second-order valence-corrected chi connectivity index (χ2v) is 4.98. The first-order valence-electron chi connectivity index (χ1n) is 6.60. The fourth-order valence-corrected chi connectivity index (χ4v) is 2.45. The predicted molar refractivity (Wildman–Crippen MR) is 82.4 cm³/mol. The minimum absolute atomic E-state index is 0.157. The van der Waals surface area contributed by atoms with Crippen molar-refractivity contribution in [3.05, 3.63) is 64.7 Å². The predicted octanol–water partition coefficient (Wildman–Crippen LogP) is 4.25. The molecule has 3 rings (SSSR count). The van der Waals surface area contributed by atoms with Gasteiger partial charge in [0, 0.05) is 17.1 Å². The van der Waals surface area contributed by atoms with Crippen LogP contribution in [0.3, 0.4) is 0 Å². The summed E-state index contributed by atoms with van der Waals surface area (Å²) in [4.78, 5) is 4.33. The van der Waals surface area contributed by atoms with Gasteiger partial charge in [-0.1, -0.05) is 48.0 Å². The Hall–Kier alpha value is -2.00. The molecule has 102 valence electrons.